The lowest BCUT2D eigenvalue weighted by Gasteiger charge is -2.23. The minimum Gasteiger partial charge on any atom is -0.100 e. The van der Waals surface area contributed by atoms with Gasteiger partial charge in [0.05, 0.1) is 0 Å². The van der Waals surface area contributed by atoms with Gasteiger partial charge in [0.1, 0.15) is 0 Å². The molecule has 0 spiro atoms. The van der Waals surface area contributed by atoms with Gasteiger partial charge in [0, 0.05) is 0 Å². The van der Waals surface area contributed by atoms with E-state index in [9.17, 15) is 0 Å². The van der Waals surface area contributed by atoms with Gasteiger partial charge < -0.3 is 0 Å². The van der Waals surface area contributed by atoms with Crippen LogP contribution in [0.1, 0.15) is 345 Å². The first-order chi connectivity index (χ1) is 28.1. The number of allylic oxidation sites excluding steroid dienone is 1. The van der Waals surface area contributed by atoms with Crippen LogP contribution in [0.3, 0.4) is 0 Å². The minimum absolute atomic E-state index is 0.601. The summed E-state index contributed by atoms with van der Waals surface area (Å²) in [6, 6.07) is 0. The molecule has 2 unspecified atom stereocenters. The molecule has 0 nitrogen and oxygen atoms in total. The standard InChI is InChI=1S/C33H66.C14H30.C11H24/c1-6-8-10-11-12-13-14-15-16-17-18-19-20-21-22-23-24-25-27-33(29-28-31(3)4)30-32(5)26-9-7-2;1-3-5-7-9-11-13-14-12-10-8-6-4-2;1-5-7-8-10-11(3,4)9-6-2/h32-33H,3,6-30H2,1-2,4-5H3;3-14H2,1-2H3;5-10H2,1-4H3. The predicted octanol–water partition coefficient (Wildman–Crippen LogP) is 22.7. The summed E-state index contributed by atoms with van der Waals surface area (Å²) in [4.78, 5) is 0. The second kappa shape index (κ2) is 52.9. The Bertz CT molecular complexity index is 704. The molecule has 0 fully saturated rings. The van der Waals surface area contributed by atoms with Gasteiger partial charge in [-0.3, -0.25) is 0 Å². The van der Waals surface area contributed by atoms with Gasteiger partial charge in [-0.1, -0.05) is 312 Å². The maximum atomic E-state index is 4.14. The van der Waals surface area contributed by atoms with Crippen molar-refractivity contribution in [3.05, 3.63) is 12.2 Å². The Morgan fingerprint density at radius 1 is 0.362 bits per heavy atom. The van der Waals surface area contributed by atoms with Crippen LogP contribution in [0.4, 0.5) is 0 Å². The van der Waals surface area contributed by atoms with Gasteiger partial charge >= 0.3 is 0 Å². The highest BCUT2D eigenvalue weighted by Gasteiger charge is 2.15. The molecule has 0 aliphatic carbocycles. The molecule has 0 N–H and O–H groups in total. The van der Waals surface area contributed by atoms with Crippen molar-refractivity contribution >= 4 is 0 Å². The molecule has 0 radical (unpaired) electrons. The Morgan fingerprint density at radius 3 is 0.983 bits per heavy atom. The maximum absolute atomic E-state index is 4.14. The van der Waals surface area contributed by atoms with Gasteiger partial charge in [-0.25, -0.2) is 0 Å². The smallest absolute Gasteiger partial charge is 0.0323 e. The largest absolute Gasteiger partial charge is 0.100 e. The number of hydrogen-bond donors (Lipinski definition) is 0. The number of hydrogen-bond acceptors (Lipinski definition) is 0. The summed E-state index contributed by atoms with van der Waals surface area (Å²) in [6.45, 7) is 27.4. The summed E-state index contributed by atoms with van der Waals surface area (Å²) >= 11 is 0. The van der Waals surface area contributed by atoms with E-state index in [-0.39, 0.29) is 0 Å². The molecule has 58 heavy (non-hydrogen) atoms. The summed E-state index contributed by atoms with van der Waals surface area (Å²) < 4.78 is 0. The van der Waals surface area contributed by atoms with Crippen LogP contribution in [0.15, 0.2) is 12.2 Å². The molecule has 0 aromatic carbocycles. The molecule has 352 valence electrons. The number of unbranched alkanes of at least 4 members (excludes halogenated alkanes) is 31. The second-order valence-electron chi connectivity index (χ2n) is 20.6. The molecule has 0 aromatic heterocycles. The molecule has 0 heteroatoms. The zero-order chi connectivity index (χ0) is 43.6. The molecule has 0 bridgehead atoms. The van der Waals surface area contributed by atoms with Gasteiger partial charge in [-0.15, -0.1) is 6.58 Å². The fraction of sp³-hybridized carbons (Fsp3) is 0.966. The van der Waals surface area contributed by atoms with Crippen molar-refractivity contribution in [1.82, 2.24) is 0 Å². The van der Waals surface area contributed by atoms with E-state index in [0.29, 0.717) is 5.41 Å². The van der Waals surface area contributed by atoms with Crippen molar-refractivity contribution in [2.45, 2.75) is 345 Å². The predicted molar refractivity (Wildman–Crippen MR) is 274 cm³/mol. The van der Waals surface area contributed by atoms with Crippen LogP contribution in [0, 0.1) is 17.3 Å². The van der Waals surface area contributed by atoms with E-state index in [1.54, 1.807) is 0 Å². The Labute approximate surface area is 373 Å². The first-order valence-electron chi connectivity index (χ1n) is 27.8. The van der Waals surface area contributed by atoms with Crippen molar-refractivity contribution in [2.75, 3.05) is 0 Å². The third-order valence-corrected chi connectivity index (χ3v) is 13.1. The van der Waals surface area contributed by atoms with Gasteiger partial charge in [0.2, 0.25) is 0 Å². The maximum Gasteiger partial charge on any atom is -0.0323 e. The molecule has 0 saturated carbocycles. The topological polar surface area (TPSA) is 0 Å². The van der Waals surface area contributed by atoms with Crippen LogP contribution in [-0.4, -0.2) is 0 Å². The molecule has 0 rings (SSSR count). The highest BCUT2D eigenvalue weighted by molar-refractivity contribution is 4.88. The van der Waals surface area contributed by atoms with E-state index in [0.717, 1.165) is 11.8 Å². The van der Waals surface area contributed by atoms with Crippen LogP contribution in [0.25, 0.3) is 0 Å². The summed E-state index contributed by atoms with van der Waals surface area (Å²) in [5.74, 6) is 1.85. The summed E-state index contributed by atoms with van der Waals surface area (Å²) in [5, 5.41) is 0. The molecule has 0 amide bonds. The van der Waals surface area contributed by atoms with Gasteiger partial charge in [-0.05, 0) is 56.3 Å². The molecule has 0 aromatic rings. The van der Waals surface area contributed by atoms with Gasteiger partial charge in [-0.2, -0.15) is 0 Å². The zero-order valence-electron chi connectivity index (χ0n) is 43.3. The van der Waals surface area contributed by atoms with Crippen molar-refractivity contribution in [2.24, 2.45) is 17.3 Å². The summed E-state index contributed by atoms with van der Waals surface area (Å²) in [6.07, 6.45) is 61.9. The van der Waals surface area contributed by atoms with E-state index >= 15 is 0 Å². The average molecular weight is 818 g/mol. The minimum atomic E-state index is 0.601. The first-order valence-corrected chi connectivity index (χ1v) is 27.8. The Kier molecular flexibility index (Phi) is 56.6. The first kappa shape index (κ1) is 62.0. The Morgan fingerprint density at radius 2 is 0.672 bits per heavy atom. The van der Waals surface area contributed by atoms with E-state index in [1.807, 2.05) is 0 Å². The summed E-state index contributed by atoms with van der Waals surface area (Å²) in [7, 11) is 0. The number of rotatable bonds is 44. The van der Waals surface area contributed by atoms with Crippen molar-refractivity contribution in [1.29, 1.82) is 0 Å². The van der Waals surface area contributed by atoms with Crippen LogP contribution in [0.5, 0.6) is 0 Å². The summed E-state index contributed by atoms with van der Waals surface area (Å²) in [5.41, 5.74) is 1.98. The fourth-order valence-corrected chi connectivity index (χ4v) is 8.97. The van der Waals surface area contributed by atoms with Gasteiger partial charge in [0.15, 0.2) is 0 Å². The quantitative estimate of drug-likeness (QED) is 0.0424. The monoisotopic (exact) mass is 817 g/mol. The Hall–Kier alpha value is -0.260. The Balaban J connectivity index is -0.000000984. The van der Waals surface area contributed by atoms with Crippen LogP contribution in [0.2, 0.25) is 0 Å². The van der Waals surface area contributed by atoms with E-state index in [1.165, 1.54) is 282 Å². The van der Waals surface area contributed by atoms with Crippen molar-refractivity contribution in [3.8, 4) is 0 Å². The lowest BCUT2D eigenvalue weighted by molar-refractivity contribution is 0.292. The molecular formula is C58H120. The molecule has 0 saturated heterocycles. The second-order valence-corrected chi connectivity index (χ2v) is 20.6. The van der Waals surface area contributed by atoms with Crippen LogP contribution >= 0.6 is 0 Å². The molecule has 0 aliphatic rings. The molecular weight excluding hydrogens is 697 g/mol. The third kappa shape index (κ3) is 57.8. The van der Waals surface area contributed by atoms with Crippen molar-refractivity contribution < 1.29 is 0 Å². The molecule has 0 aliphatic heterocycles. The lowest BCUT2D eigenvalue weighted by atomic mass is 9.83. The zero-order valence-corrected chi connectivity index (χ0v) is 43.3. The SMILES string of the molecule is C=C(C)CCC(CCCCCCCCCCCCCCCCCCCC)CC(C)CCCC.CCCCCC(C)(C)CCC.CCCCCCCCCCCCCC. The normalized spacial score (nSPS) is 12.4. The lowest BCUT2D eigenvalue weighted by Crippen LogP contribution is -2.10. The average Bonchev–Trinajstić information content (AvgIpc) is 3.19. The van der Waals surface area contributed by atoms with Crippen LogP contribution < -0.4 is 0 Å². The highest BCUT2D eigenvalue weighted by Crippen LogP contribution is 2.29. The fourth-order valence-electron chi connectivity index (χ4n) is 8.97. The molecule has 0 heterocycles. The van der Waals surface area contributed by atoms with E-state index in [4.69, 9.17) is 0 Å². The van der Waals surface area contributed by atoms with Crippen LogP contribution in [-0.2, 0) is 0 Å². The van der Waals surface area contributed by atoms with Gasteiger partial charge in [0.25, 0.3) is 0 Å². The van der Waals surface area contributed by atoms with Crippen molar-refractivity contribution in [3.63, 3.8) is 0 Å². The highest BCUT2D eigenvalue weighted by atomic mass is 14.2. The van der Waals surface area contributed by atoms with E-state index in [2.05, 4.69) is 75.8 Å². The third-order valence-electron chi connectivity index (χ3n) is 13.1. The molecule has 2 atom stereocenters. The van der Waals surface area contributed by atoms with E-state index < -0.39 is 0 Å².